The van der Waals surface area contributed by atoms with Crippen molar-refractivity contribution < 1.29 is 19.1 Å². The largest absolute Gasteiger partial charge is 0.454 e. The van der Waals surface area contributed by atoms with Gasteiger partial charge in [0.05, 0.1) is 11.2 Å². The maximum atomic E-state index is 12.8. The Hall–Kier alpha value is -3.41. The van der Waals surface area contributed by atoms with Crippen LogP contribution in [0, 0.1) is 0 Å². The number of carbonyl (C=O) groups excluding carboxylic acids is 2. The number of amides is 1. The van der Waals surface area contributed by atoms with Crippen molar-refractivity contribution in [1.82, 2.24) is 4.98 Å². The number of rotatable bonds is 3. The number of ether oxygens (including phenoxy) is 2. The van der Waals surface area contributed by atoms with Crippen LogP contribution in [0.1, 0.15) is 27.6 Å². The molecule has 1 N–H and O–H groups in total. The normalized spacial score (nSPS) is 12.2. The Morgan fingerprint density at radius 2 is 1.84 bits per heavy atom. The topological polar surface area (TPSA) is 77.5 Å². The van der Waals surface area contributed by atoms with E-state index in [1.165, 1.54) is 6.92 Å². The standard InChI is InChI=1S/C19H14N2O4/c1-11(22)14-8-17-18(25-10-24-17)9-16(14)21-19(23)13-4-2-6-15-12(13)5-3-7-20-15/h2-9H,10H2,1H3,(H,21,23). The second kappa shape index (κ2) is 5.90. The van der Waals surface area contributed by atoms with Crippen LogP contribution >= 0.6 is 0 Å². The van der Waals surface area contributed by atoms with Crippen molar-refractivity contribution in [3.63, 3.8) is 0 Å². The number of Topliss-reactive ketones (excluding diaryl/α,β-unsaturated/α-hetero) is 1. The van der Waals surface area contributed by atoms with Gasteiger partial charge in [0.2, 0.25) is 6.79 Å². The Balaban J connectivity index is 1.75. The van der Waals surface area contributed by atoms with E-state index < -0.39 is 0 Å². The Morgan fingerprint density at radius 1 is 1.04 bits per heavy atom. The fraction of sp³-hybridized carbons (Fsp3) is 0.105. The van der Waals surface area contributed by atoms with E-state index in [1.807, 2.05) is 12.1 Å². The van der Waals surface area contributed by atoms with Crippen molar-refractivity contribution in [1.29, 1.82) is 0 Å². The highest BCUT2D eigenvalue weighted by molar-refractivity contribution is 6.14. The number of fused-ring (bicyclic) bond motifs is 2. The number of nitrogens with one attached hydrogen (secondary N) is 1. The third kappa shape index (κ3) is 2.67. The average Bonchev–Trinajstić information content (AvgIpc) is 3.07. The zero-order valence-corrected chi connectivity index (χ0v) is 13.4. The molecule has 6 nitrogen and oxygen atoms in total. The van der Waals surface area contributed by atoms with Crippen molar-refractivity contribution in [2.24, 2.45) is 0 Å². The molecule has 0 saturated heterocycles. The number of anilines is 1. The number of aromatic nitrogens is 1. The molecule has 4 rings (SSSR count). The molecule has 0 bridgehead atoms. The minimum atomic E-state index is -0.319. The van der Waals surface area contributed by atoms with Gasteiger partial charge in [-0.05, 0) is 31.2 Å². The number of hydrogen-bond donors (Lipinski definition) is 1. The van der Waals surface area contributed by atoms with Gasteiger partial charge in [0.1, 0.15) is 0 Å². The predicted octanol–water partition coefficient (Wildman–Crippen LogP) is 3.42. The van der Waals surface area contributed by atoms with E-state index in [0.717, 1.165) is 10.9 Å². The molecule has 6 heteroatoms. The molecule has 0 fully saturated rings. The van der Waals surface area contributed by atoms with Crippen LogP contribution in [0.2, 0.25) is 0 Å². The highest BCUT2D eigenvalue weighted by Crippen LogP contribution is 2.37. The molecule has 25 heavy (non-hydrogen) atoms. The molecule has 0 atom stereocenters. The van der Waals surface area contributed by atoms with Crippen LogP contribution in [0.25, 0.3) is 10.9 Å². The molecule has 0 saturated carbocycles. The van der Waals surface area contributed by atoms with Crippen molar-refractivity contribution >= 4 is 28.3 Å². The number of hydrogen-bond acceptors (Lipinski definition) is 5. The summed E-state index contributed by atoms with van der Waals surface area (Å²) in [5.74, 6) is 0.505. The van der Waals surface area contributed by atoms with Crippen LogP contribution < -0.4 is 14.8 Å². The molecular formula is C19H14N2O4. The first-order valence-electron chi connectivity index (χ1n) is 7.73. The molecule has 3 aromatic rings. The fourth-order valence-corrected chi connectivity index (χ4v) is 2.83. The van der Waals surface area contributed by atoms with Crippen molar-refractivity contribution in [3.8, 4) is 11.5 Å². The molecule has 1 aromatic heterocycles. The minimum Gasteiger partial charge on any atom is -0.454 e. The van der Waals surface area contributed by atoms with Crippen LogP contribution in [0.15, 0.2) is 48.7 Å². The lowest BCUT2D eigenvalue weighted by Gasteiger charge is -2.11. The molecule has 1 aliphatic rings. The summed E-state index contributed by atoms with van der Waals surface area (Å²) in [6, 6.07) is 12.2. The van der Waals surface area contributed by atoms with E-state index in [4.69, 9.17) is 9.47 Å². The van der Waals surface area contributed by atoms with Gasteiger partial charge in [0.25, 0.3) is 5.91 Å². The van der Waals surface area contributed by atoms with E-state index in [-0.39, 0.29) is 18.5 Å². The molecule has 2 heterocycles. The molecule has 1 aliphatic heterocycles. The Morgan fingerprint density at radius 3 is 2.64 bits per heavy atom. The number of benzene rings is 2. The molecular weight excluding hydrogens is 320 g/mol. The summed E-state index contributed by atoms with van der Waals surface area (Å²) in [7, 11) is 0. The molecule has 0 aliphatic carbocycles. The van der Waals surface area contributed by atoms with Gasteiger partial charge in [0, 0.05) is 28.8 Å². The quantitative estimate of drug-likeness (QED) is 0.743. The van der Waals surface area contributed by atoms with Crippen LogP contribution in [0.3, 0.4) is 0 Å². The highest BCUT2D eigenvalue weighted by Gasteiger charge is 2.21. The third-order valence-electron chi connectivity index (χ3n) is 4.03. The van der Waals surface area contributed by atoms with Gasteiger partial charge in [-0.15, -0.1) is 0 Å². The predicted molar refractivity (Wildman–Crippen MR) is 92.3 cm³/mol. The van der Waals surface area contributed by atoms with Crippen molar-refractivity contribution in [2.75, 3.05) is 12.1 Å². The lowest BCUT2D eigenvalue weighted by Crippen LogP contribution is -2.15. The molecule has 0 spiro atoms. The smallest absolute Gasteiger partial charge is 0.256 e. The van der Waals surface area contributed by atoms with Gasteiger partial charge < -0.3 is 14.8 Å². The van der Waals surface area contributed by atoms with E-state index in [9.17, 15) is 9.59 Å². The number of carbonyl (C=O) groups is 2. The van der Waals surface area contributed by atoms with Gasteiger partial charge in [-0.2, -0.15) is 0 Å². The lowest BCUT2D eigenvalue weighted by atomic mass is 10.1. The van der Waals surface area contributed by atoms with E-state index in [1.54, 1.807) is 36.5 Å². The van der Waals surface area contributed by atoms with Gasteiger partial charge in [-0.3, -0.25) is 14.6 Å². The summed E-state index contributed by atoms with van der Waals surface area (Å²) in [4.78, 5) is 29.0. The van der Waals surface area contributed by atoms with Gasteiger partial charge in [-0.25, -0.2) is 0 Å². The van der Waals surface area contributed by atoms with Crippen molar-refractivity contribution in [3.05, 3.63) is 59.8 Å². The van der Waals surface area contributed by atoms with Crippen molar-refractivity contribution in [2.45, 2.75) is 6.92 Å². The van der Waals surface area contributed by atoms with Crippen LogP contribution in [-0.2, 0) is 0 Å². The first-order valence-corrected chi connectivity index (χ1v) is 7.73. The van der Waals surface area contributed by atoms with Gasteiger partial charge in [0.15, 0.2) is 17.3 Å². The zero-order valence-electron chi connectivity index (χ0n) is 13.4. The monoisotopic (exact) mass is 334 g/mol. The summed E-state index contributed by atoms with van der Waals surface area (Å²) in [5.41, 5.74) is 1.98. The molecule has 1 amide bonds. The minimum absolute atomic E-state index is 0.0963. The first-order chi connectivity index (χ1) is 12.1. The summed E-state index contributed by atoms with van der Waals surface area (Å²) in [6.45, 7) is 1.54. The maximum Gasteiger partial charge on any atom is 0.256 e. The SMILES string of the molecule is CC(=O)c1cc2c(cc1NC(=O)c1cccc3ncccc13)OCO2. The van der Waals surface area contributed by atoms with Crippen LogP contribution in [-0.4, -0.2) is 23.5 Å². The fourth-order valence-electron chi connectivity index (χ4n) is 2.83. The average molecular weight is 334 g/mol. The van der Waals surface area contributed by atoms with Gasteiger partial charge >= 0.3 is 0 Å². The van der Waals surface area contributed by atoms with E-state index in [0.29, 0.717) is 28.3 Å². The second-order valence-electron chi connectivity index (χ2n) is 5.64. The van der Waals surface area contributed by atoms with E-state index in [2.05, 4.69) is 10.3 Å². The van der Waals surface area contributed by atoms with Crippen LogP contribution in [0.5, 0.6) is 11.5 Å². The summed E-state index contributed by atoms with van der Waals surface area (Å²) in [5, 5.41) is 3.55. The summed E-state index contributed by atoms with van der Waals surface area (Å²) in [6.07, 6.45) is 1.68. The Labute approximate surface area is 143 Å². The number of nitrogens with zero attached hydrogens (tertiary/aromatic N) is 1. The molecule has 0 radical (unpaired) electrons. The summed E-state index contributed by atoms with van der Waals surface area (Å²) >= 11 is 0. The van der Waals surface area contributed by atoms with E-state index >= 15 is 0 Å². The molecule has 0 unspecified atom stereocenters. The van der Waals surface area contributed by atoms with Gasteiger partial charge in [-0.1, -0.05) is 12.1 Å². The zero-order chi connectivity index (χ0) is 17.4. The number of pyridine rings is 1. The lowest BCUT2D eigenvalue weighted by molar-refractivity contribution is 0.101. The molecule has 2 aromatic carbocycles. The third-order valence-corrected chi connectivity index (χ3v) is 4.03. The summed E-state index contributed by atoms with van der Waals surface area (Å²) < 4.78 is 10.6. The number of ketones is 1. The van der Waals surface area contributed by atoms with Crippen LogP contribution in [0.4, 0.5) is 5.69 Å². The Kier molecular flexibility index (Phi) is 3.57. The molecule has 124 valence electrons. The maximum absolute atomic E-state index is 12.8. The first kappa shape index (κ1) is 15.1. The Bertz CT molecular complexity index is 1010. The second-order valence-corrected chi connectivity index (χ2v) is 5.64. The highest BCUT2D eigenvalue weighted by atomic mass is 16.7.